The monoisotopic (exact) mass is 547 g/mol. The normalized spacial score (nSPS) is 18.5. The zero-order chi connectivity index (χ0) is 28.8. The largest absolute Gasteiger partial charge is 0.380 e. The Morgan fingerprint density at radius 3 is 2.41 bits per heavy atom. The van der Waals surface area contributed by atoms with Gasteiger partial charge in [-0.05, 0) is 81.0 Å². The Kier molecular flexibility index (Phi) is 9.69. The summed E-state index contributed by atoms with van der Waals surface area (Å²) in [7, 11) is 0. The second kappa shape index (κ2) is 13.6. The van der Waals surface area contributed by atoms with Crippen molar-refractivity contribution in [2.24, 2.45) is 5.92 Å². The summed E-state index contributed by atoms with van der Waals surface area (Å²) in [5, 5.41) is 2.20. The second-order valence-electron chi connectivity index (χ2n) is 12.0. The molecule has 0 aromatic heterocycles. The number of nitrogens with zero attached hydrogens (tertiary/aromatic N) is 1. The Balaban J connectivity index is 1.49. The van der Waals surface area contributed by atoms with Gasteiger partial charge in [0.1, 0.15) is 0 Å². The number of aryl methyl sites for hydroxylation is 3. The van der Waals surface area contributed by atoms with Gasteiger partial charge in [0.25, 0.3) is 0 Å². The molecule has 2 atom stereocenters. The van der Waals surface area contributed by atoms with Gasteiger partial charge in [-0.15, -0.1) is 0 Å². The standard InChI is InChI=1S/C38H45NO2/c1-5-41-26-37-34-22-29(4)19-30(24-34)23-33(38(40)36-16-11-14-32-12-8-9-15-35(32)36)13-7-6-10-17-39(37)25-31-20-27(2)18-28(3)21-31/h8-9,11-12,14-16,18-22,24,33,37H,5-7,10,13,17,23,25-26H2,1-4H3. The van der Waals surface area contributed by atoms with E-state index in [1.165, 1.54) is 33.4 Å². The van der Waals surface area contributed by atoms with Crippen LogP contribution in [0.4, 0.5) is 0 Å². The van der Waals surface area contributed by atoms with E-state index < -0.39 is 0 Å². The molecule has 2 bridgehead atoms. The molecule has 0 saturated heterocycles. The molecule has 214 valence electrons. The van der Waals surface area contributed by atoms with Crippen LogP contribution in [-0.4, -0.2) is 30.4 Å². The number of benzene rings is 4. The highest BCUT2D eigenvalue weighted by atomic mass is 16.5. The number of ketones is 1. The van der Waals surface area contributed by atoms with Crippen molar-refractivity contribution in [3.63, 3.8) is 0 Å². The van der Waals surface area contributed by atoms with E-state index in [0.29, 0.717) is 13.2 Å². The Bertz CT molecular complexity index is 1460. The van der Waals surface area contributed by atoms with Gasteiger partial charge in [0, 0.05) is 24.6 Å². The third-order valence-electron chi connectivity index (χ3n) is 8.54. The highest BCUT2D eigenvalue weighted by molar-refractivity contribution is 6.09. The molecule has 3 nitrogen and oxygen atoms in total. The van der Waals surface area contributed by atoms with Crippen LogP contribution in [0.3, 0.4) is 0 Å². The molecule has 3 heteroatoms. The predicted molar refractivity (Wildman–Crippen MR) is 171 cm³/mol. The number of hydrogen-bond donors (Lipinski definition) is 0. The molecule has 0 N–H and O–H groups in total. The molecule has 0 spiro atoms. The van der Waals surface area contributed by atoms with Crippen molar-refractivity contribution in [2.45, 2.75) is 72.4 Å². The van der Waals surface area contributed by atoms with Crippen molar-refractivity contribution in [2.75, 3.05) is 19.8 Å². The van der Waals surface area contributed by atoms with Crippen LogP contribution >= 0.6 is 0 Å². The van der Waals surface area contributed by atoms with E-state index in [9.17, 15) is 4.79 Å². The minimum Gasteiger partial charge on any atom is -0.380 e. The Morgan fingerprint density at radius 1 is 0.854 bits per heavy atom. The second-order valence-corrected chi connectivity index (χ2v) is 12.0. The van der Waals surface area contributed by atoms with E-state index in [2.05, 4.69) is 87.2 Å². The quantitative estimate of drug-likeness (QED) is 0.216. The summed E-state index contributed by atoms with van der Waals surface area (Å²) >= 11 is 0. The lowest BCUT2D eigenvalue weighted by Gasteiger charge is -2.33. The molecule has 5 rings (SSSR count). The number of carbonyl (C=O) groups is 1. The number of Topliss-reactive ketones (excluding diaryl/α,β-unsaturated/α-hetero) is 1. The summed E-state index contributed by atoms with van der Waals surface area (Å²) in [6.07, 6.45) is 4.99. The van der Waals surface area contributed by atoms with E-state index in [4.69, 9.17) is 4.74 Å². The van der Waals surface area contributed by atoms with Crippen LogP contribution < -0.4 is 0 Å². The van der Waals surface area contributed by atoms with E-state index in [-0.39, 0.29) is 17.7 Å². The first-order valence-electron chi connectivity index (χ1n) is 15.4. The first-order chi connectivity index (χ1) is 19.9. The molecule has 4 aromatic rings. The van der Waals surface area contributed by atoms with Crippen LogP contribution in [0.25, 0.3) is 10.8 Å². The number of fused-ring (bicyclic) bond motifs is 3. The van der Waals surface area contributed by atoms with Crippen LogP contribution in [0, 0.1) is 26.7 Å². The molecule has 0 aliphatic carbocycles. The van der Waals surface area contributed by atoms with E-state index in [1.807, 2.05) is 24.3 Å². The smallest absolute Gasteiger partial charge is 0.166 e. The average molecular weight is 548 g/mol. The van der Waals surface area contributed by atoms with Crippen molar-refractivity contribution in [1.82, 2.24) is 4.90 Å². The van der Waals surface area contributed by atoms with Crippen LogP contribution in [0.1, 0.15) is 82.4 Å². The lowest BCUT2D eigenvalue weighted by atomic mass is 9.84. The predicted octanol–water partition coefficient (Wildman–Crippen LogP) is 8.96. The van der Waals surface area contributed by atoms with Gasteiger partial charge in [-0.3, -0.25) is 9.69 Å². The summed E-state index contributed by atoms with van der Waals surface area (Å²) in [5.41, 5.74) is 8.66. The maximum Gasteiger partial charge on any atom is 0.166 e. The summed E-state index contributed by atoms with van der Waals surface area (Å²) in [4.78, 5) is 16.7. The van der Waals surface area contributed by atoms with Crippen molar-refractivity contribution < 1.29 is 9.53 Å². The Hall–Kier alpha value is -3.27. The number of hydrogen-bond acceptors (Lipinski definition) is 3. The van der Waals surface area contributed by atoms with Crippen LogP contribution in [0.5, 0.6) is 0 Å². The fraction of sp³-hybridized carbons (Fsp3) is 0.395. The van der Waals surface area contributed by atoms with Gasteiger partial charge < -0.3 is 4.74 Å². The van der Waals surface area contributed by atoms with Gasteiger partial charge in [-0.2, -0.15) is 0 Å². The van der Waals surface area contributed by atoms with Crippen molar-refractivity contribution >= 4 is 16.6 Å². The summed E-state index contributed by atoms with van der Waals surface area (Å²) in [5.74, 6) is 0.260. The highest BCUT2D eigenvalue weighted by Gasteiger charge is 2.26. The summed E-state index contributed by atoms with van der Waals surface area (Å²) < 4.78 is 6.11. The molecule has 0 fully saturated rings. The van der Waals surface area contributed by atoms with Crippen LogP contribution in [0.15, 0.2) is 78.9 Å². The topological polar surface area (TPSA) is 29.5 Å². The first-order valence-corrected chi connectivity index (χ1v) is 15.4. The third-order valence-corrected chi connectivity index (χ3v) is 8.54. The van der Waals surface area contributed by atoms with E-state index >= 15 is 0 Å². The summed E-state index contributed by atoms with van der Waals surface area (Å²) in [6, 6.07) is 28.5. The molecular formula is C38H45NO2. The average Bonchev–Trinajstić information content (AvgIpc) is 2.94. The van der Waals surface area contributed by atoms with Gasteiger partial charge in [-0.1, -0.05) is 108 Å². The lowest BCUT2D eigenvalue weighted by molar-refractivity contribution is 0.0596. The molecule has 0 amide bonds. The highest BCUT2D eigenvalue weighted by Crippen LogP contribution is 2.31. The van der Waals surface area contributed by atoms with Gasteiger partial charge >= 0.3 is 0 Å². The molecule has 1 aliphatic heterocycles. The third kappa shape index (κ3) is 7.33. The molecule has 1 heterocycles. The maximum atomic E-state index is 14.1. The zero-order valence-electron chi connectivity index (χ0n) is 25.3. The van der Waals surface area contributed by atoms with E-state index in [0.717, 1.165) is 61.5 Å². The van der Waals surface area contributed by atoms with Crippen molar-refractivity contribution in [1.29, 1.82) is 0 Å². The maximum absolute atomic E-state index is 14.1. The van der Waals surface area contributed by atoms with Gasteiger partial charge in [0.05, 0.1) is 12.6 Å². The minimum atomic E-state index is -0.0217. The van der Waals surface area contributed by atoms with E-state index in [1.54, 1.807) is 0 Å². The van der Waals surface area contributed by atoms with Crippen LogP contribution in [0.2, 0.25) is 0 Å². The molecule has 0 radical (unpaired) electrons. The molecule has 2 unspecified atom stereocenters. The van der Waals surface area contributed by atoms with Gasteiger partial charge in [0.15, 0.2) is 5.78 Å². The molecule has 4 aromatic carbocycles. The Morgan fingerprint density at radius 2 is 1.61 bits per heavy atom. The Labute approximate surface area is 246 Å². The minimum absolute atomic E-state index is 0.0217. The number of carbonyl (C=O) groups excluding carboxylic acids is 1. The first kappa shape index (κ1) is 29.2. The fourth-order valence-electron chi connectivity index (χ4n) is 6.74. The zero-order valence-corrected chi connectivity index (χ0v) is 25.3. The molecule has 1 aliphatic rings. The SMILES string of the molecule is CCOCC1c2cc(C)cc(c2)CC(C(=O)c2cccc3ccccc23)CCCCCN1Cc1cc(C)cc(C)c1. The molecular weight excluding hydrogens is 502 g/mol. The van der Waals surface area contributed by atoms with Crippen molar-refractivity contribution in [3.8, 4) is 0 Å². The number of ether oxygens (including phenoxy) is 1. The number of rotatable bonds is 7. The lowest BCUT2D eigenvalue weighted by Crippen LogP contribution is -2.33. The molecule has 0 saturated carbocycles. The summed E-state index contributed by atoms with van der Waals surface area (Å²) in [6.45, 7) is 11.9. The van der Waals surface area contributed by atoms with Gasteiger partial charge in [-0.25, -0.2) is 0 Å². The fourth-order valence-corrected chi connectivity index (χ4v) is 6.74. The van der Waals surface area contributed by atoms with Crippen molar-refractivity contribution in [3.05, 3.63) is 118 Å². The molecule has 41 heavy (non-hydrogen) atoms. The van der Waals surface area contributed by atoms with Crippen LogP contribution in [-0.2, 0) is 17.7 Å². The van der Waals surface area contributed by atoms with Gasteiger partial charge in [0.2, 0.25) is 0 Å².